The lowest BCUT2D eigenvalue weighted by molar-refractivity contribution is 0.0590. The molecule has 1 heterocycles. The fraction of sp³-hybridized carbons (Fsp3) is 0.333. The second kappa shape index (κ2) is 11.3. The second-order valence-electron chi connectivity index (χ2n) is 9.21. The Hall–Kier alpha value is -3.09. The third kappa shape index (κ3) is 6.99. The summed E-state index contributed by atoms with van der Waals surface area (Å²) in [4.78, 5) is 19.5. The van der Waals surface area contributed by atoms with Crippen LogP contribution >= 0.6 is 0 Å². The summed E-state index contributed by atoms with van der Waals surface area (Å²) >= 11 is 0. The number of amides is 1. The highest BCUT2D eigenvalue weighted by Gasteiger charge is 2.32. The molecule has 0 radical (unpaired) electrons. The monoisotopic (exact) mass is 538 g/mol. The van der Waals surface area contributed by atoms with E-state index in [1.54, 1.807) is 20.8 Å². The van der Waals surface area contributed by atoms with E-state index in [0.29, 0.717) is 18.0 Å². The van der Waals surface area contributed by atoms with E-state index >= 15 is 8.78 Å². The lowest BCUT2D eigenvalue weighted by atomic mass is 10.1. The van der Waals surface area contributed by atoms with E-state index in [2.05, 4.69) is 10.3 Å². The summed E-state index contributed by atoms with van der Waals surface area (Å²) in [7, 11) is -0.0747. The summed E-state index contributed by atoms with van der Waals surface area (Å²) in [6.07, 6.45) is -1.09. The van der Waals surface area contributed by atoms with E-state index in [-0.39, 0.29) is 11.5 Å². The van der Waals surface area contributed by atoms with Gasteiger partial charge in [0.05, 0.1) is 5.55 Å². The van der Waals surface area contributed by atoms with E-state index < -0.39 is 47.7 Å². The predicted octanol–water partition coefficient (Wildman–Crippen LogP) is 4.63. The number of anilines is 2. The van der Waals surface area contributed by atoms with Crippen molar-refractivity contribution in [3.63, 3.8) is 0 Å². The van der Waals surface area contributed by atoms with Gasteiger partial charge in [-0.05, 0) is 58.1 Å². The van der Waals surface area contributed by atoms with Crippen LogP contribution in [-0.2, 0) is 36.5 Å². The van der Waals surface area contributed by atoms with Gasteiger partial charge in [0.1, 0.15) is 11.3 Å². The van der Waals surface area contributed by atoms with Crippen molar-refractivity contribution in [1.29, 1.82) is 0 Å². The molecule has 1 aliphatic rings. The van der Waals surface area contributed by atoms with Crippen LogP contribution < -0.4 is 10.2 Å². The van der Waals surface area contributed by atoms with Gasteiger partial charge in [-0.3, -0.25) is 0 Å². The molecule has 0 saturated heterocycles. The molecule has 1 aliphatic heterocycles. The van der Waals surface area contributed by atoms with Crippen LogP contribution in [0.25, 0.3) is 0 Å². The van der Waals surface area contributed by atoms with Crippen molar-refractivity contribution in [1.82, 2.24) is 4.90 Å². The Morgan fingerprint density at radius 3 is 2.25 bits per heavy atom. The minimum atomic E-state index is -2.54. The van der Waals surface area contributed by atoms with Gasteiger partial charge in [-0.1, -0.05) is 24.3 Å². The van der Waals surface area contributed by atoms with Crippen molar-refractivity contribution >= 4 is 41.7 Å². The molecule has 1 amide bonds. The Morgan fingerprint density at radius 2 is 1.72 bits per heavy atom. The summed E-state index contributed by atoms with van der Waals surface area (Å²) in [6, 6.07) is 9.86. The largest absolute Gasteiger partial charge is 0.443 e. The normalized spacial score (nSPS) is 15.1. The standard InChI is InChI=1S/C24H28F2N4O4S2/c1-24(2,3)34-23(31)30(21-14-35(15-28-21)36(32)33)22-19(25)10-18(11-20(22)26)27-12-16-8-6-7-9-17(16)13-29(4)5/h6-11,14-15,27H,12-13H2,1-5H3. The lowest BCUT2D eigenvalue weighted by Crippen LogP contribution is -2.36. The second-order valence-corrected chi connectivity index (χ2v) is 12.7. The topological polar surface area (TPSA) is 91.3 Å². The molecule has 194 valence electrons. The minimum absolute atomic E-state index is 0.168. The summed E-state index contributed by atoms with van der Waals surface area (Å²) in [5.41, 5.74) is 1.60. The number of halogens is 2. The highest BCUT2D eigenvalue weighted by molar-refractivity contribution is 8.42. The average Bonchev–Trinajstić information content (AvgIpc) is 3.24. The van der Waals surface area contributed by atoms with Crippen molar-refractivity contribution in [3.05, 3.63) is 70.4 Å². The fourth-order valence-corrected chi connectivity index (χ4v) is 5.00. The van der Waals surface area contributed by atoms with Crippen molar-refractivity contribution < 1.29 is 26.7 Å². The zero-order valence-corrected chi connectivity index (χ0v) is 22.2. The lowest BCUT2D eigenvalue weighted by Gasteiger charge is -2.27. The van der Waals surface area contributed by atoms with Gasteiger partial charge in [-0.25, -0.2) is 23.5 Å². The first-order chi connectivity index (χ1) is 16.9. The fourth-order valence-electron chi connectivity index (χ4n) is 3.37. The number of carbonyl (C=O) groups is 1. The van der Waals surface area contributed by atoms with Gasteiger partial charge in [0, 0.05) is 33.6 Å². The molecule has 2 aromatic rings. The van der Waals surface area contributed by atoms with Crippen LogP contribution in [0.5, 0.6) is 0 Å². The first kappa shape index (κ1) is 27.5. The summed E-state index contributed by atoms with van der Waals surface area (Å²) < 4.78 is 58.6. The van der Waals surface area contributed by atoms with Crippen LogP contribution in [0.3, 0.4) is 0 Å². The summed E-state index contributed by atoms with van der Waals surface area (Å²) in [5.74, 6) is -2.33. The Balaban J connectivity index is 1.95. The molecule has 8 nitrogen and oxygen atoms in total. The Labute approximate surface area is 212 Å². The number of nitrogens with one attached hydrogen (secondary N) is 1. The third-order valence-corrected chi connectivity index (χ3v) is 7.36. The highest BCUT2D eigenvalue weighted by atomic mass is 32.9. The summed E-state index contributed by atoms with van der Waals surface area (Å²) in [5, 5.41) is 4.16. The van der Waals surface area contributed by atoms with E-state index in [1.165, 1.54) is 0 Å². The van der Waals surface area contributed by atoms with Gasteiger partial charge in [-0.2, -0.15) is 8.42 Å². The number of nitrogens with zero attached hydrogens (tertiary/aromatic N) is 3. The highest BCUT2D eigenvalue weighted by Crippen LogP contribution is 2.33. The molecular formula is C24H28F2N4O4S2. The predicted molar refractivity (Wildman–Crippen MR) is 139 cm³/mol. The zero-order chi connectivity index (χ0) is 26.6. The average molecular weight is 539 g/mol. The first-order valence-corrected chi connectivity index (χ1v) is 13.8. The van der Waals surface area contributed by atoms with Crippen molar-refractivity contribution in [2.24, 2.45) is 4.99 Å². The zero-order valence-electron chi connectivity index (χ0n) is 20.6. The SMILES string of the molecule is CN(C)Cc1ccccc1CNc1cc(F)c(N(C(=O)OC(C)(C)C)C2=CS(=S(=O)=O)C=N2)c(F)c1. The third-order valence-electron chi connectivity index (χ3n) is 4.80. The van der Waals surface area contributed by atoms with Crippen molar-refractivity contribution in [2.45, 2.75) is 39.5 Å². The number of rotatable bonds is 7. The molecule has 3 rings (SSSR count). The van der Waals surface area contributed by atoms with Crippen LogP contribution in [0, 0.1) is 11.6 Å². The molecule has 36 heavy (non-hydrogen) atoms. The van der Waals surface area contributed by atoms with Gasteiger partial charge < -0.3 is 15.0 Å². The van der Waals surface area contributed by atoms with Crippen molar-refractivity contribution in [2.75, 3.05) is 24.3 Å². The Bertz CT molecular complexity index is 1340. The number of hydrogen-bond acceptors (Lipinski definition) is 7. The molecular weight excluding hydrogens is 510 g/mol. The number of aliphatic imine (C=N–C) groups is 1. The smallest absolute Gasteiger partial charge is 0.420 e. The minimum Gasteiger partial charge on any atom is -0.443 e. The van der Waals surface area contributed by atoms with Crippen LogP contribution in [0.2, 0.25) is 0 Å². The number of ether oxygens (including phenoxy) is 1. The van der Waals surface area contributed by atoms with E-state index in [1.807, 2.05) is 43.3 Å². The molecule has 1 N–H and O–H groups in total. The maximum atomic E-state index is 15.3. The molecule has 12 heteroatoms. The maximum absolute atomic E-state index is 15.3. The van der Waals surface area contributed by atoms with Gasteiger partial charge in [-0.15, -0.1) is 0 Å². The number of carbonyl (C=O) groups excluding carboxylic acids is 1. The van der Waals surface area contributed by atoms with E-state index in [0.717, 1.165) is 34.2 Å². The molecule has 0 saturated carbocycles. The first-order valence-electron chi connectivity index (χ1n) is 10.9. The van der Waals surface area contributed by atoms with Crippen molar-refractivity contribution in [3.8, 4) is 0 Å². The van der Waals surface area contributed by atoms with Crippen LogP contribution in [0.1, 0.15) is 31.9 Å². The molecule has 0 aromatic heterocycles. The van der Waals surface area contributed by atoms with Gasteiger partial charge >= 0.3 is 6.09 Å². The molecule has 2 aromatic carbocycles. The number of benzene rings is 2. The maximum Gasteiger partial charge on any atom is 0.420 e. The molecule has 1 atom stereocenters. The van der Waals surface area contributed by atoms with Gasteiger partial charge in [0.15, 0.2) is 17.5 Å². The molecule has 0 spiro atoms. The van der Waals surface area contributed by atoms with E-state index in [4.69, 9.17) is 4.74 Å². The van der Waals surface area contributed by atoms with E-state index in [9.17, 15) is 13.2 Å². The molecule has 1 unspecified atom stereocenters. The Kier molecular flexibility index (Phi) is 8.64. The van der Waals surface area contributed by atoms with Crippen LogP contribution in [0.4, 0.5) is 25.0 Å². The molecule has 0 fully saturated rings. The quantitative estimate of drug-likeness (QED) is 0.553. The van der Waals surface area contributed by atoms with Crippen LogP contribution in [0.15, 0.2) is 52.6 Å². The number of hydrogen-bond donors (Lipinski definition) is 1. The van der Waals surface area contributed by atoms with Crippen LogP contribution in [-0.4, -0.2) is 44.7 Å². The van der Waals surface area contributed by atoms with Gasteiger partial charge in [0.25, 0.3) is 0 Å². The molecule has 0 bridgehead atoms. The van der Waals surface area contributed by atoms with Gasteiger partial charge in [0.2, 0.25) is 9.26 Å². The molecule has 0 aliphatic carbocycles. The Morgan fingerprint density at radius 1 is 1.11 bits per heavy atom. The summed E-state index contributed by atoms with van der Waals surface area (Å²) in [6.45, 7) is 5.82.